The van der Waals surface area contributed by atoms with Crippen molar-refractivity contribution in [1.29, 1.82) is 0 Å². The SMILES string of the molecule is O=C1CC(NS(=O)(=O)c2ccc(C(=O)O)cc2Br)CN1. The average molecular weight is 363 g/mol. The lowest BCUT2D eigenvalue weighted by Crippen LogP contribution is -2.36. The topological polar surface area (TPSA) is 113 Å². The first kappa shape index (κ1) is 14.9. The Morgan fingerprint density at radius 2 is 2.15 bits per heavy atom. The van der Waals surface area contributed by atoms with E-state index in [-0.39, 0.29) is 33.8 Å². The third-order valence-corrected chi connectivity index (χ3v) is 5.26. The zero-order valence-electron chi connectivity index (χ0n) is 10.1. The first-order valence-corrected chi connectivity index (χ1v) is 7.89. The number of benzene rings is 1. The molecule has 0 spiro atoms. The van der Waals surface area contributed by atoms with Crippen molar-refractivity contribution in [3.8, 4) is 0 Å². The summed E-state index contributed by atoms with van der Waals surface area (Å²) in [5.41, 5.74) is -0.0199. The Balaban J connectivity index is 2.25. The first-order chi connectivity index (χ1) is 9.29. The molecule has 7 nitrogen and oxygen atoms in total. The number of aromatic carboxylic acids is 1. The van der Waals surface area contributed by atoms with Crippen molar-refractivity contribution in [3.05, 3.63) is 28.2 Å². The van der Waals surface area contributed by atoms with Crippen LogP contribution in [0.25, 0.3) is 0 Å². The molecule has 108 valence electrons. The van der Waals surface area contributed by atoms with Gasteiger partial charge in [-0.3, -0.25) is 4.79 Å². The summed E-state index contributed by atoms with van der Waals surface area (Å²) in [5.74, 6) is -1.36. The van der Waals surface area contributed by atoms with Crippen molar-refractivity contribution in [3.63, 3.8) is 0 Å². The fraction of sp³-hybridized carbons (Fsp3) is 0.273. The van der Waals surface area contributed by atoms with Crippen LogP contribution in [-0.4, -0.2) is 38.0 Å². The van der Waals surface area contributed by atoms with E-state index in [9.17, 15) is 18.0 Å². The molecule has 1 amide bonds. The standard InChI is InChI=1S/C11H11BrN2O5S/c12-8-3-6(11(16)17)1-2-9(8)20(18,19)14-7-4-10(15)13-5-7/h1-3,7,14H,4-5H2,(H,13,15)(H,16,17). The van der Waals surface area contributed by atoms with Gasteiger partial charge in [-0.2, -0.15) is 0 Å². The zero-order valence-corrected chi connectivity index (χ0v) is 12.5. The molecular weight excluding hydrogens is 352 g/mol. The average Bonchev–Trinajstić information content (AvgIpc) is 2.73. The van der Waals surface area contributed by atoms with Gasteiger partial charge in [0, 0.05) is 23.5 Å². The maximum Gasteiger partial charge on any atom is 0.335 e. The number of sulfonamides is 1. The Hall–Kier alpha value is -1.45. The summed E-state index contributed by atoms with van der Waals surface area (Å²) in [6.07, 6.45) is 0.0874. The monoisotopic (exact) mass is 362 g/mol. The van der Waals surface area contributed by atoms with Crippen LogP contribution < -0.4 is 10.0 Å². The van der Waals surface area contributed by atoms with Crippen LogP contribution in [0.5, 0.6) is 0 Å². The highest BCUT2D eigenvalue weighted by Gasteiger charge is 2.28. The molecule has 1 aliphatic rings. The van der Waals surface area contributed by atoms with Gasteiger partial charge in [0.15, 0.2) is 0 Å². The molecule has 0 radical (unpaired) electrons. The Kier molecular flexibility index (Phi) is 4.11. The molecule has 1 saturated heterocycles. The maximum atomic E-state index is 12.2. The molecule has 9 heteroatoms. The molecule has 0 bridgehead atoms. The second-order valence-corrected chi connectivity index (χ2v) is 6.81. The quantitative estimate of drug-likeness (QED) is 0.713. The third-order valence-electron chi connectivity index (χ3n) is 2.77. The van der Waals surface area contributed by atoms with Gasteiger partial charge in [0.1, 0.15) is 0 Å². The summed E-state index contributed by atoms with van der Waals surface area (Å²) < 4.78 is 26.9. The molecule has 0 saturated carbocycles. The van der Waals surface area contributed by atoms with Gasteiger partial charge in [-0.15, -0.1) is 0 Å². The number of halogens is 1. The van der Waals surface area contributed by atoms with Crippen molar-refractivity contribution in [2.75, 3.05) is 6.54 Å². The molecule has 1 unspecified atom stereocenters. The number of carboxylic acids is 1. The van der Waals surface area contributed by atoms with Crippen LogP contribution in [0.1, 0.15) is 16.8 Å². The van der Waals surface area contributed by atoms with Gasteiger partial charge >= 0.3 is 5.97 Å². The van der Waals surface area contributed by atoms with Gasteiger partial charge in [0.25, 0.3) is 0 Å². The summed E-state index contributed by atoms with van der Waals surface area (Å²) in [5, 5.41) is 11.4. The van der Waals surface area contributed by atoms with E-state index in [1.165, 1.54) is 18.2 Å². The van der Waals surface area contributed by atoms with Gasteiger partial charge in [-0.1, -0.05) is 0 Å². The normalized spacial score (nSPS) is 18.9. The largest absolute Gasteiger partial charge is 0.478 e. The molecule has 1 aromatic rings. The third kappa shape index (κ3) is 3.17. The van der Waals surface area contributed by atoms with Crippen molar-refractivity contribution >= 4 is 37.8 Å². The van der Waals surface area contributed by atoms with E-state index in [0.717, 1.165) is 0 Å². The van der Waals surface area contributed by atoms with Crippen LogP contribution in [0, 0.1) is 0 Å². The molecule has 1 atom stereocenters. The fourth-order valence-corrected chi connectivity index (χ4v) is 4.14. The fourth-order valence-electron chi connectivity index (χ4n) is 1.82. The highest BCUT2D eigenvalue weighted by atomic mass is 79.9. The van der Waals surface area contributed by atoms with Crippen LogP contribution >= 0.6 is 15.9 Å². The highest BCUT2D eigenvalue weighted by Crippen LogP contribution is 2.24. The lowest BCUT2D eigenvalue weighted by atomic mass is 10.2. The smallest absolute Gasteiger partial charge is 0.335 e. The lowest BCUT2D eigenvalue weighted by Gasteiger charge is -2.12. The Bertz CT molecular complexity index is 673. The summed E-state index contributed by atoms with van der Waals surface area (Å²) in [6, 6.07) is 3.13. The molecule has 1 aliphatic heterocycles. The van der Waals surface area contributed by atoms with E-state index in [1.54, 1.807) is 0 Å². The van der Waals surface area contributed by atoms with Gasteiger partial charge in [0.05, 0.1) is 10.5 Å². The van der Waals surface area contributed by atoms with Gasteiger partial charge < -0.3 is 10.4 Å². The number of carbonyl (C=O) groups is 2. The summed E-state index contributed by atoms with van der Waals surface area (Å²) in [7, 11) is -3.82. The minimum absolute atomic E-state index is 0.0199. The van der Waals surface area contributed by atoms with Crippen LogP contribution in [0.3, 0.4) is 0 Å². The van der Waals surface area contributed by atoms with Crippen LogP contribution in [0.4, 0.5) is 0 Å². The molecule has 3 N–H and O–H groups in total. The van der Waals surface area contributed by atoms with E-state index in [2.05, 4.69) is 26.0 Å². The van der Waals surface area contributed by atoms with Crippen LogP contribution in [-0.2, 0) is 14.8 Å². The zero-order chi connectivity index (χ0) is 14.9. The van der Waals surface area contributed by atoms with Crippen molar-refractivity contribution in [1.82, 2.24) is 10.0 Å². The molecule has 1 heterocycles. The highest BCUT2D eigenvalue weighted by molar-refractivity contribution is 9.10. The van der Waals surface area contributed by atoms with Crippen LogP contribution in [0.15, 0.2) is 27.6 Å². The number of carboxylic acid groups (broad SMARTS) is 1. The van der Waals surface area contributed by atoms with E-state index in [0.29, 0.717) is 0 Å². The predicted octanol–water partition coefficient (Wildman–Crippen LogP) is 0.314. The number of carbonyl (C=O) groups excluding carboxylic acids is 1. The number of amides is 1. The minimum atomic E-state index is -3.82. The molecule has 2 rings (SSSR count). The Morgan fingerprint density at radius 1 is 1.45 bits per heavy atom. The van der Waals surface area contributed by atoms with Crippen molar-refractivity contribution in [2.24, 2.45) is 0 Å². The van der Waals surface area contributed by atoms with E-state index < -0.39 is 22.0 Å². The van der Waals surface area contributed by atoms with E-state index >= 15 is 0 Å². The first-order valence-electron chi connectivity index (χ1n) is 5.61. The maximum absolute atomic E-state index is 12.2. The molecule has 20 heavy (non-hydrogen) atoms. The molecule has 1 fully saturated rings. The van der Waals surface area contributed by atoms with E-state index in [1.807, 2.05) is 0 Å². The van der Waals surface area contributed by atoms with Crippen molar-refractivity contribution < 1.29 is 23.1 Å². The van der Waals surface area contributed by atoms with E-state index in [4.69, 9.17) is 5.11 Å². The van der Waals surface area contributed by atoms with Gasteiger partial charge in [-0.05, 0) is 34.1 Å². The summed E-state index contributed by atoms with van der Waals surface area (Å²) in [4.78, 5) is 21.8. The number of nitrogens with one attached hydrogen (secondary N) is 2. The summed E-state index contributed by atoms with van der Waals surface area (Å²) >= 11 is 3.05. The molecule has 1 aromatic carbocycles. The minimum Gasteiger partial charge on any atom is -0.478 e. The van der Waals surface area contributed by atoms with Gasteiger partial charge in [0.2, 0.25) is 15.9 Å². The van der Waals surface area contributed by atoms with Crippen LogP contribution in [0.2, 0.25) is 0 Å². The second kappa shape index (κ2) is 5.51. The van der Waals surface area contributed by atoms with Gasteiger partial charge in [-0.25, -0.2) is 17.9 Å². The van der Waals surface area contributed by atoms with Crippen molar-refractivity contribution in [2.45, 2.75) is 17.4 Å². The number of hydrogen-bond acceptors (Lipinski definition) is 4. The molecule has 0 aliphatic carbocycles. The Morgan fingerprint density at radius 3 is 2.65 bits per heavy atom. The number of hydrogen-bond donors (Lipinski definition) is 3. The predicted molar refractivity (Wildman–Crippen MR) is 72.8 cm³/mol. The second-order valence-electron chi connectivity index (χ2n) is 4.28. The molecular formula is C11H11BrN2O5S. The molecule has 0 aromatic heterocycles. The summed E-state index contributed by atoms with van der Waals surface area (Å²) in [6.45, 7) is 0.239. The Labute approximate surface area is 123 Å². The number of rotatable bonds is 4. The lowest BCUT2D eigenvalue weighted by molar-refractivity contribution is -0.119.